The summed E-state index contributed by atoms with van der Waals surface area (Å²) in [4.78, 5) is 21.0. The fraction of sp³-hybridized carbons (Fsp3) is 0.133. The van der Waals surface area contributed by atoms with E-state index < -0.39 is 4.92 Å². The maximum Gasteiger partial charge on any atom is 0.330 e. The Bertz CT molecular complexity index is 541. The van der Waals surface area contributed by atoms with E-state index in [0.29, 0.717) is 6.61 Å². The topological polar surface area (TPSA) is 69.4 Å². The van der Waals surface area contributed by atoms with E-state index in [2.05, 4.69) is 0 Å². The molecule has 0 saturated carbocycles. The zero-order chi connectivity index (χ0) is 14.8. The van der Waals surface area contributed by atoms with Crippen molar-refractivity contribution < 1.29 is 14.5 Å². The van der Waals surface area contributed by atoms with Crippen LogP contribution in [0.2, 0.25) is 0 Å². The lowest BCUT2D eigenvalue weighted by molar-refractivity contribution is -0.384. The molecule has 0 unspecified atom stereocenters. The van der Waals surface area contributed by atoms with Crippen molar-refractivity contribution in [3.63, 3.8) is 0 Å². The Kier molecular flexibility index (Phi) is 6.47. The molecular formula is C15H15NO4. The molecule has 0 atom stereocenters. The Balaban J connectivity index is 2.48. The second-order valence-corrected chi connectivity index (χ2v) is 3.70. The smallest absolute Gasteiger partial charge is 0.330 e. The summed E-state index contributed by atoms with van der Waals surface area (Å²) in [6.45, 7) is 2.10. The van der Waals surface area contributed by atoms with Crippen molar-refractivity contribution in [2.45, 2.75) is 6.92 Å². The highest BCUT2D eigenvalue weighted by molar-refractivity contribution is 5.82. The number of benzene rings is 1. The zero-order valence-corrected chi connectivity index (χ0v) is 11.1. The molecule has 20 heavy (non-hydrogen) atoms. The fourth-order valence-corrected chi connectivity index (χ4v) is 1.33. The molecule has 1 aromatic carbocycles. The van der Waals surface area contributed by atoms with Crippen LogP contribution in [0.1, 0.15) is 12.5 Å². The predicted octanol–water partition coefficient (Wildman–Crippen LogP) is 3.28. The second kappa shape index (κ2) is 8.42. The molecule has 0 spiro atoms. The summed E-state index contributed by atoms with van der Waals surface area (Å²) >= 11 is 0. The van der Waals surface area contributed by atoms with E-state index in [-0.39, 0.29) is 11.7 Å². The number of hydrogen-bond acceptors (Lipinski definition) is 4. The summed E-state index contributed by atoms with van der Waals surface area (Å²) in [5, 5.41) is 10.5. The summed E-state index contributed by atoms with van der Waals surface area (Å²) in [6.07, 6.45) is 9.93. The number of nitro benzene ring substituents is 1. The third-order valence-electron chi connectivity index (χ3n) is 2.24. The molecule has 0 aromatic heterocycles. The summed E-state index contributed by atoms with van der Waals surface area (Å²) in [7, 11) is 0. The van der Waals surface area contributed by atoms with E-state index in [4.69, 9.17) is 4.74 Å². The highest BCUT2D eigenvalue weighted by Crippen LogP contribution is 2.12. The Labute approximate surface area is 117 Å². The van der Waals surface area contributed by atoms with Crippen molar-refractivity contribution in [1.29, 1.82) is 0 Å². The van der Waals surface area contributed by atoms with Crippen LogP contribution in [0.25, 0.3) is 6.08 Å². The fourth-order valence-electron chi connectivity index (χ4n) is 1.33. The van der Waals surface area contributed by atoms with E-state index in [1.165, 1.54) is 18.2 Å². The average molecular weight is 273 g/mol. The van der Waals surface area contributed by atoms with E-state index in [1.54, 1.807) is 49.4 Å². The molecule has 0 radical (unpaired) electrons. The largest absolute Gasteiger partial charge is 0.463 e. The molecule has 0 N–H and O–H groups in total. The first-order valence-electron chi connectivity index (χ1n) is 6.06. The Morgan fingerprint density at radius 2 is 1.85 bits per heavy atom. The lowest BCUT2D eigenvalue weighted by Gasteiger charge is -1.92. The molecule has 0 aliphatic carbocycles. The molecule has 5 heteroatoms. The molecule has 104 valence electrons. The van der Waals surface area contributed by atoms with Gasteiger partial charge in [-0.15, -0.1) is 0 Å². The summed E-state index contributed by atoms with van der Waals surface area (Å²) < 4.78 is 4.72. The number of nitro groups is 1. The number of non-ortho nitro benzene ring substituents is 1. The van der Waals surface area contributed by atoms with Gasteiger partial charge in [0.1, 0.15) is 0 Å². The first-order chi connectivity index (χ1) is 9.63. The Morgan fingerprint density at radius 3 is 2.45 bits per heavy atom. The molecule has 0 aliphatic heterocycles. The maximum absolute atomic E-state index is 11.0. The van der Waals surface area contributed by atoms with Crippen LogP contribution < -0.4 is 0 Å². The molecular weight excluding hydrogens is 258 g/mol. The lowest BCUT2D eigenvalue weighted by Crippen LogP contribution is -1.98. The van der Waals surface area contributed by atoms with Gasteiger partial charge in [-0.1, -0.05) is 30.4 Å². The van der Waals surface area contributed by atoms with Crippen LogP contribution in [0.3, 0.4) is 0 Å². The highest BCUT2D eigenvalue weighted by atomic mass is 16.6. The standard InChI is InChI=1S/C15H15NO4/c1-2-20-15(17)8-6-4-3-5-7-13-9-11-14(12-10-13)16(18)19/h3-12H,2H2,1H3. The monoisotopic (exact) mass is 273 g/mol. The number of nitrogens with zero attached hydrogens (tertiary/aromatic N) is 1. The van der Waals surface area contributed by atoms with Crippen LogP contribution in [0, 0.1) is 10.1 Å². The van der Waals surface area contributed by atoms with Gasteiger partial charge in [0.15, 0.2) is 0 Å². The minimum atomic E-state index is -0.437. The minimum absolute atomic E-state index is 0.0649. The number of carbonyl (C=O) groups excluding carboxylic acids is 1. The SMILES string of the molecule is CCOC(=O)C=CC=CC=Cc1ccc([N+](=O)[O-])cc1. The Morgan fingerprint density at radius 1 is 1.20 bits per heavy atom. The molecule has 0 aliphatic rings. The summed E-state index contributed by atoms with van der Waals surface area (Å²) in [6, 6.07) is 6.22. The zero-order valence-electron chi connectivity index (χ0n) is 11.1. The molecule has 1 rings (SSSR count). The first kappa shape index (κ1) is 15.4. The van der Waals surface area contributed by atoms with Gasteiger partial charge in [0.25, 0.3) is 5.69 Å². The van der Waals surface area contributed by atoms with Gasteiger partial charge in [-0.25, -0.2) is 4.79 Å². The lowest BCUT2D eigenvalue weighted by atomic mass is 10.2. The van der Waals surface area contributed by atoms with Crippen LogP contribution in [-0.2, 0) is 9.53 Å². The number of carbonyl (C=O) groups is 1. The third-order valence-corrected chi connectivity index (χ3v) is 2.24. The van der Waals surface area contributed by atoms with Crippen LogP contribution in [0.4, 0.5) is 5.69 Å². The van der Waals surface area contributed by atoms with E-state index >= 15 is 0 Å². The maximum atomic E-state index is 11.0. The van der Waals surface area contributed by atoms with Gasteiger partial charge in [-0.05, 0) is 24.6 Å². The molecule has 0 bridgehead atoms. The first-order valence-corrected chi connectivity index (χ1v) is 6.06. The molecule has 0 heterocycles. The van der Waals surface area contributed by atoms with Gasteiger partial charge in [0.2, 0.25) is 0 Å². The van der Waals surface area contributed by atoms with Gasteiger partial charge in [0, 0.05) is 18.2 Å². The average Bonchev–Trinajstić information content (AvgIpc) is 2.43. The summed E-state index contributed by atoms with van der Waals surface area (Å²) in [5.74, 6) is -0.378. The van der Waals surface area contributed by atoms with Crippen molar-refractivity contribution in [1.82, 2.24) is 0 Å². The summed E-state index contributed by atoms with van der Waals surface area (Å²) in [5.41, 5.74) is 0.921. The normalized spacial score (nSPS) is 11.4. The van der Waals surface area contributed by atoms with E-state index in [1.807, 2.05) is 0 Å². The molecule has 0 saturated heterocycles. The predicted molar refractivity (Wildman–Crippen MR) is 77.0 cm³/mol. The molecule has 5 nitrogen and oxygen atoms in total. The number of ether oxygens (including phenoxy) is 1. The highest BCUT2D eigenvalue weighted by Gasteiger charge is 2.01. The van der Waals surface area contributed by atoms with Crippen LogP contribution >= 0.6 is 0 Å². The number of hydrogen-bond donors (Lipinski definition) is 0. The van der Waals surface area contributed by atoms with E-state index in [0.717, 1.165) is 5.56 Å². The van der Waals surface area contributed by atoms with Gasteiger partial charge in [-0.3, -0.25) is 10.1 Å². The minimum Gasteiger partial charge on any atom is -0.463 e. The quantitative estimate of drug-likeness (QED) is 0.262. The van der Waals surface area contributed by atoms with Gasteiger partial charge < -0.3 is 4.74 Å². The molecule has 0 amide bonds. The van der Waals surface area contributed by atoms with Crippen molar-refractivity contribution in [2.75, 3.05) is 6.61 Å². The van der Waals surface area contributed by atoms with Crippen LogP contribution in [0.15, 0.2) is 54.6 Å². The van der Waals surface area contributed by atoms with Gasteiger partial charge in [-0.2, -0.15) is 0 Å². The van der Waals surface area contributed by atoms with Gasteiger partial charge in [0.05, 0.1) is 11.5 Å². The van der Waals surface area contributed by atoms with Crippen LogP contribution in [0.5, 0.6) is 0 Å². The number of allylic oxidation sites excluding steroid dienone is 4. The number of esters is 1. The van der Waals surface area contributed by atoms with Gasteiger partial charge >= 0.3 is 5.97 Å². The van der Waals surface area contributed by atoms with Crippen molar-refractivity contribution >= 4 is 17.7 Å². The Hall–Kier alpha value is -2.69. The molecule has 1 aromatic rings. The molecule has 0 fully saturated rings. The number of rotatable bonds is 6. The second-order valence-electron chi connectivity index (χ2n) is 3.70. The third kappa shape index (κ3) is 5.77. The van der Waals surface area contributed by atoms with Crippen LogP contribution in [-0.4, -0.2) is 17.5 Å². The van der Waals surface area contributed by atoms with E-state index in [9.17, 15) is 14.9 Å². The van der Waals surface area contributed by atoms with Crippen molar-refractivity contribution in [3.05, 3.63) is 70.3 Å². The van der Waals surface area contributed by atoms with Crippen molar-refractivity contribution in [2.24, 2.45) is 0 Å². The van der Waals surface area contributed by atoms with Crippen molar-refractivity contribution in [3.8, 4) is 0 Å².